The quantitative estimate of drug-likeness (QED) is 0.256. The van der Waals surface area contributed by atoms with Crippen molar-refractivity contribution in [3.05, 3.63) is 25.3 Å². The Labute approximate surface area is 146 Å². The van der Waals surface area contributed by atoms with Gasteiger partial charge in [-0.2, -0.15) is 8.42 Å². The van der Waals surface area contributed by atoms with Crippen LogP contribution in [0.5, 0.6) is 0 Å². The van der Waals surface area contributed by atoms with Gasteiger partial charge in [0, 0.05) is 12.2 Å². The van der Waals surface area contributed by atoms with Gasteiger partial charge in [-0.25, -0.2) is 9.59 Å². The lowest BCUT2D eigenvalue weighted by molar-refractivity contribution is -0.185. The molecule has 0 spiro atoms. The van der Waals surface area contributed by atoms with Gasteiger partial charge in [-0.15, -0.1) is 0 Å². The minimum absolute atomic E-state index is 0.0332. The first-order valence-corrected chi connectivity index (χ1v) is 8.84. The number of esters is 3. The van der Waals surface area contributed by atoms with Gasteiger partial charge in [-0.05, 0) is 20.3 Å². The summed E-state index contributed by atoms with van der Waals surface area (Å²) in [5.74, 6) is -4.09. The normalized spacial score (nSPS) is 15.8. The van der Waals surface area contributed by atoms with E-state index in [0.29, 0.717) is 0 Å². The first-order valence-electron chi connectivity index (χ1n) is 7.23. The topological polar surface area (TPSA) is 133 Å². The molecule has 2 unspecified atom stereocenters. The number of hydrogen-bond acceptors (Lipinski definition) is 8. The van der Waals surface area contributed by atoms with Crippen LogP contribution in [0.2, 0.25) is 0 Å². The van der Waals surface area contributed by atoms with Crippen LogP contribution in [0.15, 0.2) is 25.3 Å². The van der Waals surface area contributed by atoms with E-state index in [9.17, 15) is 22.8 Å². The zero-order valence-corrected chi connectivity index (χ0v) is 15.1. The lowest BCUT2D eigenvalue weighted by atomic mass is 9.75. The largest absolute Gasteiger partial charge is 0.458 e. The summed E-state index contributed by atoms with van der Waals surface area (Å²) in [5, 5.41) is 0. The smallest absolute Gasteiger partial charge is 0.330 e. The highest BCUT2D eigenvalue weighted by Gasteiger charge is 2.52. The van der Waals surface area contributed by atoms with Crippen LogP contribution >= 0.6 is 0 Å². The predicted molar refractivity (Wildman–Crippen MR) is 86.7 cm³/mol. The van der Waals surface area contributed by atoms with Crippen LogP contribution in [0.4, 0.5) is 0 Å². The number of ether oxygens (including phenoxy) is 3. The molecular formula is C15H22O9S. The summed E-state index contributed by atoms with van der Waals surface area (Å²) in [7, 11) is -4.59. The third-order valence-electron chi connectivity index (χ3n) is 3.67. The lowest BCUT2D eigenvalue weighted by Crippen LogP contribution is -2.52. The fraction of sp³-hybridized carbons (Fsp3) is 0.533. The molecule has 1 N–H and O–H groups in total. The summed E-state index contributed by atoms with van der Waals surface area (Å²) in [6, 6.07) is 0. The van der Waals surface area contributed by atoms with E-state index in [1.807, 2.05) is 0 Å². The van der Waals surface area contributed by atoms with Gasteiger partial charge in [-0.3, -0.25) is 9.35 Å². The molecule has 25 heavy (non-hydrogen) atoms. The van der Waals surface area contributed by atoms with E-state index in [4.69, 9.17) is 14.0 Å². The van der Waals surface area contributed by atoms with Crippen LogP contribution < -0.4 is 0 Å². The molecule has 0 bridgehead atoms. The Balaban J connectivity index is 5.82. The van der Waals surface area contributed by atoms with E-state index in [1.54, 1.807) is 0 Å². The van der Waals surface area contributed by atoms with Crippen molar-refractivity contribution in [3.8, 4) is 0 Å². The molecule has 0 fully saturated rings. The molecule has 0 aromatic heterocycles. The number of hydrogen-bond donors (Lipinski definition) is 1. The molecule has 0 radical (unpaired) electrons. The van der Waals surface area contributed by atoms with E-state index in [1.165, 1.54) is 20.8 Å². The van der Waals surface area contributed by atoms with Gasteiger partial charge in [0.15, 0.2) is 0 Å². The van der Waals surface area contributed by atoms with Gasteiger partial charge in [-0.1, -0.05) is 20.1 Å². The second-order valence-electron chi connectivity index (χ2n) is 5.09. The van der Waals surface area contributed by atoms with E-state index >= 15 is 0 Å². The van der Waals surface area contributed by atoms with Crippen LogP contribution in [-0.4, -0.2) is 49.0 Å². The number of carbonyl (C=O) groups excluding carboxylic acids is 3. The molecule has 0 rings (SSSR count). The standard InChI is InChI=1S/C15H22O9S/c1-6-12(16)23-10(4)15(8-3,11(5)24-13(17)7-2)14(18)22-9-25(19,20)21/h6-7,10-11H,1-2,8-9H2,3-5H3,(H,19,20,21). The van der Waals surface area contributed by atoms with Gasteiger partial charge in [0.2, 0.25) is 5.94 Å². The van der Waals surface area contributed by atoms with Crippen LogP contribution in [0, 0.1) is 5.41 Å². The maximum Gasteiger partial charge on any atom is 0.330 e. The van der Waals surface area contributed by atoms with Crippen LogP contribution in [0.25, 0.3) is 0 Å². The highest BCUT2D eigenvalue weighted by molar-refractivity contribution is 7.85. The summed E-state index contributed by atoms with van der Waals surface area (Å²) in [6.07, 6.45) is -0.607. The lowest BCUT2D eigenvalue weighted by Gasteiger charge is -2.38. The first-order chi connectivity index (χ1) is 11.4. The van der Waals surface area contributed by atoms with E-state index in [-0.39, 0.29) is 6.42 Å². The van der Waals surface area contributed by atoms with Crippen molar-refractivity contribution in [2.75, 3.05) is 5.94 Å². The molecule has 10 heteroatoms. The average Bonchev–Trinajstić information content (AvgIpc) is 2.52. The SMILES string of the molecule is C=CC(=O)OC(C)C(CC)(C(=O)OCS(=O)(=O)O)C(C)OC(=O)C=C. The minimum atomic E-state index is -4.59. The van der Waals surface area contributed by atoms with Gasteiger partial charge in [0.05, 0.1) is 0 Å². The summed E-state index contributed by atoms with van der Waals surface area (Å²) < 4.78 is 45.1. The molecule has 0 saturated heterocycles. The third kappa shape index (κ3) is 6.31. The van der Waals surface area contributed by atoms with E-state index in [0.717, 1.165) is 12.2 Å². The molecule has 0 saturated carbocycles. The summed E-state index contributed by atoms with van der Waals surface area (Å²) >= 11 is 0. The Morgan fingerprint density at radius 2 is 1.48 bits per heavy atom. The zero-order chi connectivity index (χ0) is 19.8. The van der Waals surface area contributed by atoms with Crippen molar-refractivity contribution in [1.82, 2.24) is 0 Å². The molecule has 2 atom stereocenters. The van der Waals surface area contributed by atoms with E-state index in [2.05, 4.69) is 17.9 Å². The second kappa shape index (κ2) is 9.33. The Bertz CT molecular complexity index is 607. The molecular weight excluding hydrogens is 356 g/mol. The fourth-order valence-electron chi connectivity index (χ4n) is 2.30. The molecule has 9 nitrogen and oxygen atoms in total. The monoisotopic (exact) mass is 378 g/mol. The molecule has 0 heterocycles. The molecule has 0 aromatic carbocycles. The molecule has 0 amide bonds. The maximum absolute atomic E-state index is 12.5. The maximum atomic E-state index is 12.5. The Morgan fingerprint density at radius 3 is 1.76 bits per heavy atom. The highest BCUT2D eigenvalue weighted by atomic mass is 32.2. The Kier molecular flexibility index (Phi) is 8.51. The predicted octanol–water partition coefficient (Wildman–Crippen LogP) is 1.01. The van der Waals surface area contributed by atoms with Crippen LogP contribution in [0.1, 0.15) is 27.2 Å². The van der Waals surface area contributed by atoms with Crippen molar-refractivity contribution < 1.29 is 41.6 Å². The number of carbonyl (C=O) groups is 3. The van der Waals surface area contributed by atoms with Gasteiger partial charge >= 0.3 is 28.0 Å². The average molecular weight is 378 g/mol. The van der Waals surface area contributed by atoms with Crippen LogP contribution in [0.3, 0.4) is 0 Å². The van der Waals surface area contributed by atoms with Gasteiger partial charge < -0.3 is 14.2 Å². The van der Waals surface area contributed by atoms with Crippen molar-refractivity contribution in [1.29, 1.82) is 0 Å². The van der Waals surface area contributed by atoms with Crippen molar-refractivity contribution >= 4 is 28.0 Å². The molecule has 0 aromatic rings. The molecule has 0 aliphatic rings. The van der Waals surface area contributed by atoms with Gasteiger partial charge in [0.25, 0.3) is 0 Å². The third-order valence-corrected chi connectivity index (χ3v) is 4.09. The zero-order valence-electron chi connectivity index (χ0n) is 14.3. The van der Waals surface area contributed by atoms with Crippen molar-refractivity contribution in [2.24, 2.45) is 5.41 Å². The number of rotatable bonds is 10. The summed E-state index contributed by atoms with van der Waals surface area (Å²) in [4.78, 5) is 35.5. The minimum Gasteiger partial charge on any atom is -0.458 e. The second-order valence-corrected chi connectivity index (χ2v) is 6.49. The molecule has 0 aliphatic carbocycles. The van der Waals surface area contributed by atoms with Crippen LogP contribution in [-0.2, 0) is 38.7 Å². The highest BCUT2D eigenvalue weighted by Crippen LogP contribution is 2.36. The van der Waals surface area contributed by atoms with Crippen molar-refractivity contribution in [3.63, 3.8) is 0 Å². The fourth-order valence-corrected chi connectivity index (χ4v) is 2.56. The van der Waals surface area contributed by atoms with E-state index < -0.39 is 51.6 Å². The molecule has 0 aliphatic heterocycles. The van der Waals surface area contributed by atoms with Gasteiger partial charge in [0.1, 0.15) is 17.6 Å². The summed E-state index contributed by atoms with van der Waals surface area (Å²) in [6.45, 7) is 10.7. The molecule has 142 valence electrons. The summed E-state index contributed by atoms with van der Waals surface area (Å²) in [5.41, 5.74) is -1.72. The Hall–Kier alpha value is -2.20. The Morgan fingerprint density at radius 1 is 1.08 bits per heavy atom. The first kappa shape index (κ1) is 22.8. The van der Waals surface area contributed by atoms with Crippen molar-refractivity contribution in [2.45, 2.75) is 39.4 Å².